The van der Waals surface area contributed by atoms with Crippen LogP contribution in [0.25, 0.3) is 11.4 Å². The third-order valence-electron chi connectivity index (χ3n) is 4.56. The fourth-order valence-electron chi connectivity index (χ4n) is 3.22. The minimum Gasteiger partial charge on any atom is -0.406 e. The molecule has 2 atom stereocenters. The molecule has 3 aromatic rings. The van der Waals surface area contributed by atoms with E-state index in [2.05, 4.69) is 19.9 Å². The normalized spacial score (nSPS) is 18.9. The fourth-order valence-corrected chi connectivity index (χ4v) is 3.33. The Labute approximate surface area is 178 Å². The first-order valence-corrected chi connectivity index (χ1v) is 9.38. The summed E-state index contributed by atoms with van der Waals surface area (Å²) in [7, 11) is 0. The Kier molecular flexibility index (Phi) is 5.54. The van der Waals surface area contributed by atoms with Crippen LogP contribution < -0.4 is 4.74 Å². The van der Waals surface area contributed by atoms with Crippen molar-refractivity contribution >= 4 is 17.5 Å². The van der Waals surface area contributed by atoms with Gasteiger partial charge in [0.25, 0.3) is 5.91 Å². The van der Waals surface area contributed by atoms with Crippen molar-refractivity contribution in [1.82, 2.24) is 20.0 Å². The second-order valence-electron chi connectivity index (χ2n) is 6.75. The van der Waals surface area contributed by atoms with Crippen molar-refractivity contribution in [1.29, 1.82) is 0 Å². The maximum Gasteiger partial charge on any atom is 0.573 e. The van der Waals surface area contributed by atoms with Gasteiger partial charge in [-0.05, 0) is 36.4 Å². The molecule has 4 rings (SSSR count). The molecule has 1 aliphatic rings. The standard InChI is InChI=1S/C19H14ClF3N4O4/c20-11-3-6-14(24-8-11)18(29)27-9-12(28)7-15(27)17-25-16(26-31-17)10-1-4-13(5-2-10)30-19(21,22)23/h1-6,8,12,15,28H,7,9H2/t12-,15?/m1/s1. The minimum absolute atomic E-state index is 0.0506. The molecule has 2 aromatic heterocycles. The van der Waals surface area contributed by atoms with Gasteiger partial charge in [-0.1, -0.05) is 16.8 Å². The summed E-state index contributed by atoms with van der Waals surface area (Å²) in [6.07, 6.45) is -4.07. The van der Waals surface area contributed by atoms with Gasteiger partial charge in [0.1, 0.15) is 17.5 Å². The van der Waals surface area contributed by atoms with E-state index in [0.29, 0.717) is 10.6 Å². The van der Waals surface area contributed by atoms with Crippen LogP contribution in [0.2, 0.25) is 5.02 Å². The summed E-state index contributed by atoms with van der Waals surface area (Å²) in [6.45, 7) is 0.0506. The minimum atomic E-state index is -4.79. The van der Waals surface area contributed by atoms with Crippen LogP contribution in [-0.2, 0) is 0 Å². The van der Waals surface area contributed by atoms with Crippen molar-refractivity contribution in [2.75, 3.05) is 6.54 Å². The topological polar surface area (TPSA) is 102 Å². The van der Waals surface area contributed by atoms with Crippen LogP contribution in [0.5, 0.6) is 5.75 Å². The third-order valence-corrected chi connectivity index (χ3v) is 4.78. The lowest BCUT2D eigenvalue weighted by atomic mass is 10.2. The van der Waals surface area contributed by atoms with E-state index in [4.69, 9.17) is 16.1 Å². The van der Waals surface area contributed by atoms with E-state index < -0.39 is 24.4 Å². The molecular weight excluding hydrogens is 441 g/mol. The number of halogens is 4. The lowest BCUT2D eigenvalue weighted by Gasteiger charge is -2.21. The van der Waals surface area contributed by atoms with E-state index >= 15 is 0 Å². The highest BCUT2D eigenvalue weighted by Gasteiger charge is 2.39. The number of hydrogen-bond donors (Lipinski definition) is 1. The smallest absolute Gasteiger partial charge is 0.406 e. The molecule has 1 aliphatic heterocycles. The average Bonchev–Trinajstić information content (AvgIpc) is 3.34. The number of likely N-dealkylation sites (tertiary alicyclic amines) is 1. The number of benzene rings is 1. The largest absolute Gasteiger partial charge is 0.573 e. The quantitative estimate of drug-likeness (QED) is 0.642. The molecule has 0 aliphatic carbocycles. The summed E-state index contributed by atoms with van der Waals surface area (Å²) >= 11 is 5.80. The molecule has 1 amide bonds. The van der Waals surface area contributed by atoms with E-state index in [1.165, 1.54) is 35.4 Å². The first kappa shape index (κ1) is 21.1. The molecule has 1 saturated heterocycles. The Bertz CT molecular complexity index is 1070. The Morgan fingerprint density at radius 3 is 2.61 bits per heavy atom. The third kappa shape index (κ3) is 4.78. The number of pyridine rings is 1. The van der Waals surface area contributed by atoms with Crippen LogP contribution in [-0.4, -0.2) is 50.0 Å². The summed E-state index contributed by atoms with van der Waals surface area (Å²) in [5.74, 6) is -0.616. The zero-order valence-electron chi connectivity index (χ0n) is 15.6. The van der Waals surface area contributed by atoms with Gasteiger partial charge in [0, 0.05) is 24.7 Å². The number of aliphatic hydroxyl groups is 1. The van der Waals surface area contributed by atoms with Crippen molar-refractivity contribution in [2.24, 2.45) is 0 Å². The van der Waals surface area contributed by atoms with E-state index in [0.717, 1.165) is 12.1 Å². The van der Waals surface area contributed by atoms with Crippen LogP contribution >= 0.6 is 11.6 Å². The molecule has 1 N–H and O–H groups in total. The molecular formula is C19H14ClF3N4O4. The van der Waals surface area contributed by atoms with E-state index in [1.807, 2.05) is 0 Å². The number of carbonyl (C=O) groups excluding carboxylic acids is 1. The van der Waals surface area contributed by atoms with E-state index in [-0.39, 0.29) is 36.1 Å². The van der Waals surface area contributed by atoms with Gasteiger partial charge < -0.3 is 19.3 Å². The number of aromatic nitrogens is 3. The SMILES string of the molecule is O=C(c1ccc(Cl)cn1)N1C[C@H](O)CC1c1nc(-c2ccc(OC(F)(F)F)cc2)no1. The van der Waals surface area contributed by atoms with Crippen LogP contribution in [0.3, 0.4) is 0 Å². The maximum atomic E-state index is 12.8. The highest BCUT2D eigenvalue weighted by molar-refractivity contribution is 6.30. The molecule has 1 fully saturated rings. The van der Waals surface area contributed by atoms with Gasteiger partial charge in [-0.3, -0.25) is 4.79 Å². The Morgan fingerprint density at radius 1 is 1.23 bits per heavy atom. The highest BCUT2D eigenvalue weighted by atomic mass is 35.5. The molecule has 8 nitrogen and oxygen atoms in total. The molecule has 162 valence electrons. The second-order valence-corrected chi connectivity index (χ2v) is 7.19. The zero-order valence-corrected chi connectivity index (χ0v) is 16.3. The predicted octanol–water partition coefficient (Wildman–Crippen LogP) is 3.63. The van der Waals surface area contributed by atoms with Gasteiger partial charge in [0.15, 0.2) is 0 Å². The molecule has 0 radical (unpaired) electrons. The number of nitrogens with zero attached hydrogens (tertiary/aromatic N) is 4. The molecule has 3 heterocycles. The van der Waals surface area contributed by atoms with Crippen LogP contribution in [0.15, 0.2) is 47.1 Å². The Morgan fingerprint density at radius 2 is 1.97 bits per heavy atom. The summed E-state index contributed by atoms with van der Waals surface area (Å²) in [5.41, 5.74) is 0.531. The zero-order chi connectivity index (χ0) is 22.2. The Balaban J connectivity index is 1.54. The molecule has 0 bridgehead atoms. The fraction of sp³-hybridized carbons (Fsp3) is 0.263. The average molecular weight is 455 g/mol. The van der Waals surface area contributed by atoms with Crippen LogP contribution in [0.1, 0.15) is 28.8 Å². The van der Waals surface area contributed by atoms with Crippen molar-refractivity contribution in [3.8, 4) is 17.1 Å². The number of alkyl halides is 3. The van der Waals surface area contributed by atoms with Crippen molar-refractivity contribution in [3.63, 3.8) is 0 Å². The predicted molar refractivity (Wildman–Crippen MR) is 100 cm³/mol. The summed E-state index contributed by atoms with van der Waals surface area (Å²) in [5, 5.41) is 14.3. The van der Waals surface area contributed by atoms with E-state index in [1.54, 1.807) is 0 Å². The Hall–Kier alpha value is -3.18. The summed E-state index contributed by atoms with van der Waals surface area (Å²) < 4.78 is 46.0. The molecule has 31 heavy (non-hydrogen) atoms. The van der Waals surface area contributed by atoms with Gasteiger partial charge >= 0.3 is 6.36 Å². The highest BCUT2D eigenvalue weighted by Crippen LogP contribution is 2.34. The van der Waals surface area contributed by atoms with Gasteiger partial charge in [-0.15, -0.1) is 13.2 Å². The van der Waals surface area contributed by atoms with Gasteiger partial charge in [0.05, 0.1) is 11.1 Å². The number of amides is 1. The first-order valence-electron chi connectivity index (χ1n) is 9.00. The lowest BCUT2D eigenvalue weighted by molar-refractivity contribution is -0.274. The molecule has 0 spiro atoms. The van der Waals surface area contributed by atoms with Crippen molar-refractivity contribution < 1.29 is 32.3 Å². The number of hydrogen-bond acceptors (Lipinski definition) is 7. The first-order chi connectivity index (χ1) is 14.7. The van der Waals surface area contributed by atoms with Gasteiger partial charge in [-0.2, -0.15) is 4.98 Å². The molecule has 12 heteroatoms. The number of rotatable bonds is 4. The second kappa shape index (κ2) is 8.16. The molecule has 1 unspecified atom stereocenters. The maximum absolute atomic E-state index is 12.8. The summed E-state index contributed by atoms with van der Waals surface area (Å²) in [4.78, 5) is 22.5. The van der Waals surface area contributed by atoms with Crippen molar-refractivity contribution in [3.05, 3.63) is 59.2 Å². The number of carbonyl (C=O) groups is 1. The van der Waals surface area contributed by atoms with Crippen molar-refractivity contribution in [2.45, 2.75) is 24.9 Å². The van der Waals surface area contributed by atoms with Gasteiger partial charge in [-0.25, -0.2) is 4.98 Å². The number of ether oxygens (including phenoxy) is 1. The monoisotopic (exact) mass is 454 g/mol. The van der Waals surface area contributed by atoms with Gasteiger partial charge in [0.2, 0.25) is 11.7 Å². The lowest BCUT2D eigenvalue weighted by Crippen LogP contribution is -2.32. The van der Waals surface area contributed by atoms with Crippen LogP contribution in [0.4, 0.5) is 13.2 Å². The number of β-amino-alcohol motifs (C(OH)–C–C–N with tert-alkyl or cyclic N) is 1. The van der Waals surface area contributed by atoms with E-state index in [9.17, 15) is 23.1 Å². The summed E-state index contributed by atoms with van der Waals surface area (Å²) in [6, 6.07) is 7.25. The number of aliphatic hydroxyl groups excluding tert-OH is 1. The van der Waals surface area contributed by atoms with Crippen LogP contribution in [0, 0.1) is 0 Å². The molecule has 0 saturated carbocycles. The molecule has 1 aromatic carbocycles.